The number of alkyl carbamates (subject to hydrolysis) is 1. The number of oxazole rings is 1. The number of carbonyl (C=O) groups is 2. The first-order valence-corrected chi connectivity index (χ1v) is 12.5. The highest BCUT2D eigenvalue weighted by atomic mass is 79.9. The summed E-state index contributed by atoms with van der Waals surface area (Å²) in [5.41, 5.74) is 3.62. The molecular weight excluding hydrogens is 639 g/mol. The van der Waals surface area contributed by atoms with E-state index in [4.69, 9.17) is 19.6 Å². The quantitative estimate of drug-likeness (QED) is 0.130. The summed E-state index contributed by atoms with van der Waals surface area (Å²) in [6.45, 7) is -0.833. The minimum atomic E-state index is -4.57. The third-order valence-electron chi connectivity index (χ3n) is 5.64. The highest BCUT2D eigenvalue weighted by molar-refractivity contribution is 9.10. The van der Waals surface area contributed by atoms with Gasteiger partial charge in [0.15, 0.2) is 16.2 Å². The van der Waals surface area contributed by atoms with Crippen molar-refractivity contribution in [2.75, 3.05) is 6.61 Å². The SMILES string of the molecule is NC(=O)c1c(F)ccc(OC(COC(=O)NCc2cccc[n+]2O)c2nc(-c3ccc(C(F)(F)F)cc3)c(Br)o2)c1F. The van der Waals surface area contributed by atoms with Crippen molar-refractivity contribution in [3.63, 3.8) is 0 Å². The number of primary amides is 1. The van der Waals surface area contributed by atoms with Crippen LogP contribution in [0.5, 0.6) is 5.75 Å². The van der Waals surface area contributed by atoms with E-state index in [9.17, 15) is 36.7 Å². The van der Waals surface area contributed by atoms with Crippen molar-refractivity contribution < 1.29 is 55.4 Å². The fourth-order valence-electron chi connectivity index (χ4n) is 3.58. The predicted octanol–water partition coefficient (Wildman–Crippen LogP) is 5.07. The van der Waals surface area contributed by atoms with E-state index in [0.717, 1.165) is 41.1 Å². The number of pyridine rings is 1. The highest BCUT2D eigenvalue weighted by Crippen LogP contribution is 2.36. The molecule has 1 unspecified atom stereocenters. The van der Waals surface area contributed by atoms with Crippen molar-refractivity contribution >= 4 is 27.9 Å². The normalized spacial score (nSPS) is 12.0. The number of amides is 2. The van der Waals surface area contributed by atoms with E-state index in [1.54, 1.807) is 12.1 Å². The number of hydrogen-bond acceptors (Lipinski definition) is 7. The number of nitrogens with one attached hydrogen (secondary N) is 1. The lowest BCUT2D eigenvalue weighted by Crippen LogP contribution is -2.38. The van der Waals surface area contributed by atoms with E-state index >= 15 is 0 Å². The van der Waals surface area contributed by atoms with Gasteiger partial charge in [0, 0.05) is 22.4 Å². The Balaban J connectivity index is 1.60. The monoisotopic (exact) mass is 657 g/mol. The number of nitrogens with two attached hydrogens (primary N) is 1. The second kappa shape index (κ2) is 12.4. The van der Waals surface area contributed by atoms with Gasteiger partial charge < -0.3 is 24.9 Å². The number of alkyl halides is 3. The molecular formula is C26H19BrF5N4O6+. The van der Waals surface area contributed by atoms with Crippen LogP contribution in [0.4, 0.5) is 26.7 Å². The number of carbonyl (C=O) groups excluding carboxylic acids is 2. The van der Waals surface area contributed by atoms with Crippen molar-refractivity contribution in [2.24, 2.45) is 5.73 Å². The molecule has 42 heavy (non-hydrogen) atoms. The van der Waals surface area contributed by atoms with Gasteiger partial charge in [-0.25, -0.2) is 18.6 Å². The summed E-state index contributed by atoms with van der Waals surface area (Å²) in [7, 11) is 0. The van der Waals surface area contributed by atoms with Crippen LogP contribution in [0.3, 0.4) is 0 Å². The summed E-state index contributed by atoms with van der Waals surface area (Å²) in [6.07, 6.45) is -5.75. The second-order valence-electron chi connectivity index (χ2n) is 8.44. The first kappa shape index (κ1) is 30.2. The van der Waals surface area contributed by atoms with Gasteiger partial charge in [0.05, 0.1) is 5.56 Å². The van der Waals surface area contributed by atoms with E-state index in [0.29, 0.717) is 5.69 Å². The maximum atomic E-state index is 14.9. The zero-order valence-electron chi connectivity index (χ0n) is 21.0. The predicted molar refractivity (Wildman–Crippen MR) is 135 cm³/mol. The maximum Gasteiger partial charge on any atom is 0.416 e. The third kappa shape index (κ3) is 6.94. The number of aromatic nitrogens is 2. The zero-order chi connectivity index (χ0) is 30.6. The molecule has 2 amide bonds. The lowest BCUT2D eigenvalue weighted by molar-refractivity contribution is -0.909. The van der Waals surface area contributed by atoms with Crippen LogP contribution < -0.4 is 20.5 Å². The molecule has 2 aromatic carbocycles. The molecule has 10 nitrogen and oxygen atoms in total. The zero-order valence-corrected chi connectivity index (χ0v) is 22.6. The molecule has 0 bridgehead atoms. The molecule has 4 N–H and O–H groups in total. The Hall–Kier alpha value is -4.73. The maximum absolute atomic E-state index is 14.9. The van der Waals surface area contributed by atoms with Gasteiger partial charge in [0.25, 0.3) is 11.6 Å². The van der Waals surface area contributed by atoms with Gasteiger partial charge in [0.1, 0.15) is 30.2 Å². The van der Waals surface area contributed by atoms with E-state index in [-0.39, 0.29) is 28.4 Å². The van der Waals surface area contributed by atoms with Crippen LogP contribution in [0.2, 0.25) is 0 Å². The first-order valence-electron chi connectivity index (χ1n) is 11.7. The third-order valence-corrected chi connectivity index (χ3v) is 6.17. The highest BCUT2D eigenvalue weighted by Gasteiger charge is 2.31. The molecule has 220 valence electrons. The lowest BCUT2D eigenvalue weighted by atomic mass is 10.1. The summed E-state index contributed by atoms with van der Waals surface area (Å²) in [5.74, 6) is -5.10. The van der Waals surface area contributed by atoms with E-state index < -0.39 is 59.4 Å². The van der Waals surface area contributed by atoms with E-state index in [1.165, 1.54) is 12.3 Å². The van der Waals surface area contributed by atoms with Crippen LogP contribution in [0.25, 0.3) is 11.3 Å². The van der Waals surface area contributed by atoms with Gasteiger partial charge in [-0.1, -0.05) is 12.1 Å². The summed E-state index contributed by atoms with van der Waals surface area (Å²) in [5, 5.41) is 12.1. The Morgan fingerprint density at radius 1 is 1.12 bits per heavy atom. The van der Waals surface area contributed by atoms with Crippen LogP contribution in [0, 0.1) is 11.6 Å². The molecule has 2 heterocycles. The van der Waals surface area contributed by atoms with Crippen LogP contribution in [0.1, 0.15) is 33.6 Å². The van der Waals surface area contributed by atoms with Crippen LogP contribution in [-0.4, -0.2) is 28.8 Å². The lowest BCUT2D eigenvalue weighted by Gasteiger charge is -2.17. The fourth-order valence-corrected chi connectivity index (χ4v) is 4.07. The van der Waals surface area contributed by atoms with Crippen LogP contribution in [-0.2, 0) is 17.5 Å². The molecule has 0 saturated heterocycles. The van der Waals surface area contributed by atoms with Crippen molar-refractivity contribution in [1.29, 1.82) is 0 Å². The molecule has 16 heteroatoms. The molecule has 0 spiro atoms. The Morgan fingerprint density at radius 2 is 1.83 bits per heavy atom. The topological polar surface area (TPSA) is 141 Å². The van der Waals surface area contributed by atoms with Crippen molar-refractivity contribution in [3.8, 4) is 17.0 Å². The van der Waals surface area contributed by atoms with Gasteiger partial charge in [0.2, 0.25) is 18.2 Å². The fraction of sp³-hybridized carbons (Fsp3) is 0.154. The molecule has 2 aromatic heterocycles. The van der Waals surface area contributed by atoms with Crippen molar-refractivity contribution in [1.82, 2.24) is 10.3 Å². The molecule has 0 aliphatic carbocycles. The minimum absolute atomic E-state index is 0.0331. The van der Waals surface area contributed by atoms with Crippen molar-refractivity contribution in [3.05, 3.63) is 99.8 Å². The van der Waals surface area contributed by atoms with E-state index in [1.807, 2.05) is 0 Å². The standard InChI is InChI=1S/C26H18BrF5N4O6/c27-22-21(13-4-6-14(7-5-13)26(30,31)32)35-24(42-22)18(41-17-9-8-16(28)19(20(17)29)23(33)37)12-40-25(38)34-11-15-3-1-2-10-36(15)39/h1-10,18H,11-12H2,(H3-,33,34,37,38,39)/p+1. The second-order valence-corrected chi connectivity index (χ2v) is 9.16. The number of hydrogen-bond donors (Lipinski definition) is 3. The number of halogens is 6. The summed E-state index contributed by atoms with van der Waals surface area (Å²) >= 11 is 3.12. The van der Waals surface area contributed by atoms with Gasteiger partial charge >= 0.3 is 12.3 Å². The molecule has 0 fully saturated rings. The summed E-state index contributed by atoms with van der Waals surface area (Å²) in [6, 6.07) is 10.2. The van der Waals surface area contributed by atoms with Crippen LogP contribution in [0.15, 0.2) is 69.9 Å². The number of nitrogens with zero attached hydrogens (tertiary/aromatic N) is 2. The number of ether oxygens (including phenoxy) is 2. The molecule has 0 saturated carbocycles. The van der Waals surface area contributed by atoms with Crippen molar-refractivity contribution in [2.45, 2.75) is 18.8 Å². The average Bonchev–Trinajstić information content (AvgIpc) is 3.32. The molecule has 4 rings (SSSR count). The Kier molecular flexibility index (Phi) is 8.94. The summed E-state index contributed by atoms with van der Waals surface area (Å²) < 4.78 is 84.8. The molecule has 0 aliphatic heterocycles. The average molecular weight is 658 g/mol. The largest absolute Gasteiger partial charge is 0.474 e. The summed E-state index contributed by atoms with van der Waals surface area (Å²) in [4.78, 5) is 28.1. The van der Waals surface area contributed by atoms with Gasteiger partial charge in [-0.05, 0) is 46.3 Å². The first-order chi connectivity index (χ1) is 19.8. The van der Waals surface area contributed by atoms with E-state index in [2.05, 4.69) is 26.2 Å². The molecule has 4 aromatic rings. The Labute approximate surface area is 241 Å². The van der Waals surface area contributed by atoms with Gasteiger partial charge in [-0.3, -0.25) is 10.0 Å². The Bertz CT molecular complexity index is 1610. The smallest absolute Gasteiger partial charge is 0.416 e. The van der Waals surface area contributed by atoms with Crippen LogP contribution >= 0.6 is 15.9 Å². The number of benzene rings is 2. The van der Waals surface area contributed by atoms with Gasteiger partial charge in [-0.2, -0.15) is 13.2 Å². The number of rotatable bonds is 9. The molecule has 0 aliphatic rings. The minimum Gasteiger partial charge on any atom is -0.474 e. The molecule has 0 radical (unpaired) electrons. The molecule has 1 atom stereocenters. The Morgan fingerprint density at radius 3 is 2.48 bits per heavy atom. The van der Waals surface area contributed by atoms with Gasteiger partial charge in [-0.15, -0.1) is 0 Å².